The maximum Gasteiger partial charge on any atom is 0.490 e. The molecule has 172 valence electrons. The molecule has 1 atom stereocenters. The van der Waals surface area contributed by atoms with Crippen LogP contribution in [0.2, 0.25) is 0 Å². The fourth-order valence-electron chi connectivity index (χ4n) is 2.89. The van der Waals surface area contributed by atoms with Crippen molar-refractivity contribution in [2.75, 3.05) is 33.9 Å². The zero-order chi connectivity index (χ0) is 23.2. The molecule has 2 aromatic rings. The van der Waals surface area contributed by atoms with E-state index in [1.54, 1.807) is 25.4 Å². The maximum atomic E-state index is 11.7. The minimum Gasteiger partial charge on any atom is -0.475 e. The molecule has 2 aromatic heterocycles. The number of ether oxygens (including phenoxy) is 1. The first-order chi connectivity index (χ1) is 14.5. The molecule has 0 saturated carbocycles. The number of carbonyl (C=O) groups is 2. The van der Waals surface area contributed by atoms with E-state index in [1.807, 2.05) is 23.3 Å². The van der Waals surface area contributed by atoms with Gasteiger partial charge >= 0.3 is 12.1 Å². The summed E-state index contributed by atoms with van der Waals surface area (Å²) in [6.45, 7) is 2.96. The molecule has 1 N–H and O–H groups in total. The molecule has 10 nitrogen and oxygen atoms in total. The van der Waals surface area contributed by atoms with Gasteiger partial charge in [0.15, 0.2) is 0 Å². The number of thiazole rings is 1. The van der Waals surface area contributed by atoms with Crippen molar-refractivity contribution in [2.24, 2.45) is 7.05 Å². The highest BCUT2D eigenvalue weighted by Crippen LogP contribution is 2.28. The van der Waals surface area contributed by atoms with Crippen LogP contribution in [-0.2, 0) is 34.5 Å². The zero-order valence-corrected chi connectivity index (χ0v) is 18.0. The molecule has 0 bridgehead atoms. The Morgan fingerprint density at radius 2 is 2.06 bits per heavy atom. The first-order valence-electron chi connectivity index (χ1n) is 9.06. The number of hydrogen-bond acceptors (Lipinski definition) is 8. The van der Waals surface area contributed by atoms with Gasteiger partial charge in [-0.1, -0.05) is 5.21 Å². The van der Waals surface area contributed by atoms with Gasteiger partial charge in [-0.05, 0) is 0 Å². The van der Waals surface area contributed by atoms with Gasteiger partial charge in [0, 0.05) is 51.7 Å². The van der Waals surface area contributed by atoms with Crippen LogP contribution in [0.1, 0.15) is 22.3 Å². The van der Waals surface area contributed by atoms with Crippen LogP contribution in [-0.4, -0.2) is 86.8 Å². The lowest BCUT2D eigenvalue weighted by Crippen LogP contribution is -2.36. The number of halogens is 3. The topological polar surface area (TPSA) is 114 Å². The van der Waals surface area contributed by atoms with Crippen LogP contribution >= 0.6 is 11.3 Å². The van der Waals surface area contributed by atoms with Gasteiger partial charge in [-0.3, -0.25) is 14.4 Å². The highest BCUT2D eigenvalue weighted by molar-refractivity contribution is 7.09. The summed E-state index contributed by atoms with van der Waals surface area (Å²) in [5, 5.41) is 18.6. The van der Waals surface area contributed by atoms with E-state index < -0.39 is 12.1 Å². The molecule has 1 aliphatic rings. The second kappa shape index (κ2) is 10.6. The van der Waals surface area contributed by atoms with Gasteiger partial charge in [0.1, 0.15) is 17.3 Å². The Labute approximate surface area is 180 Å². The summed E-state index contributed by atoms with van der Waals surface area (Å²) in [6, 6.07) is 0. The Bertz CT molecular complexity index is 872. The molecular weight excluding hydrogens is 441 g/mol. The second-order valence-electron chi connectivity index (χ2n) is 6.94. The van der Waals surface area contributed by atoms with Crippen molar-refractivity contribution in [2.45, 2.75) is 25.2 Å². The van der Waals surface area contributed by atoms with E-state index in [-0.39, 0.29) is 18.4 Å². The van der Waals surface area contributed by atoms with Crippen molar-refractivity contribution >= 4 is 23.2 Å². The highest BCUT2D eigenvalue weighted by atomic mass is 32.1. The van der Waals surface area contributed by atoms with E-state index >= 15 is 0 Å². The average Bonchev–Trinajstić information content (AvgIpc) is 3.31. The first-order valence-corrected chi connectivity index (χ1v) is 9.94. The molecule has 1 amide bonds. The van der Waals surface area contributed by atoms with Crippen LogP contribution in [0.5, 0.6) is 0 Å². The van der Waals surface area contributed by atoms with E-state index in [2.05, 4.69) is 20.2 Å². The summed E-state index contributed by atoms with van der Waals surface area (Å²) < 4.78 is 39.2. The molecule has 3 rings (SSSR count). The number of aliphatic carboxylic acids is 1. The predicted molar refractivity (Wildman–Crippen MR) is 103 cm³/mol. The third-order valence-electron chi connectivity index (χ3n) is 4.31. The van der Waals surface area contributed by atoms with Crippen LogP contribution in [0.3, 0.4) is 0 Å². The van der Waals surface area contributed by atoms with Gasteiger partial charge in [0.25, 0.3) is 0 Å². The number of likely N-dealkylation sites (N-methyl/N-ethyl adjacent to an activating group) is 1. The Balaban J connectivity index is 0.000000423. The Morgan fingerprint density at radius 1 is 1.39 bits per heavy atom. The molecule has 0 aromatic carbocycles. The van der Waals surface area contributed by atoms with E-state index in [0.29, 0.717) is 6.61 Å². The van der Waals surface area contributed by atoms with Crippen LogP contribution in [0.15, 0.2) is 11.6 Å². The highest BCUT2D eigenvalue weighted by Gasteiger charge is 2.38. The van der Waals surface area contributed by atoms with Gasteiger partial charge < -0.3 is 14.7 Å². The molecule has 0 radical (unpaired) electrons. The number of nitrogens with zero attached hydrogens (tertiary/aromatic N) is 6. The molecule has 1 unspecified atom stereocenters. The van der Waals surface area contributed by atoms with Crippen LogP contribution in [0.25, 0.3) is 0 Å². The lowest BCUT2D eigenvalue weighted by atomic mass is 9.99. The number of alkyl halides is 3. The molecule has 31 heavy (non-hydrogen) atoms. The van der Waals surface area contributed by atoms with Crippen molar-refractivity contribution in [1.82, 2.24) is 29.8 Å². The number of aryl methyl sites for hydroxylation is 1. The lowest BCUT2D eigenvalue weighted by molar-refractivity contribution is -0.192. The SMILES string of the molecule is CN(C)C(=O)COCC1CN(Cc2nccs2)Cc2nnn(C)c21.O=C(O)C(F)(F)F. The second-order valence-corrected chi connectivity index (χ2v) is 7.92. The number of carboxylic acid groups (broad SMARTS) is 1. The van der Waals surface area contributed by atoms with Crippen molar-refractivity contribution < 1.29 is 32.6 Å². The molecule has 0 aliphatic carbocycles. The minimum atomic E-state index is -5.08. The summed E-state index contributed by atoms with van der Waals surface area (Å²) in [4.78, 5) is 28.8. The van der Waals surface area contributed by atoms with Gasteiger partial charge in [0.2, 0.25) is 5.91 Å². The molecule has 0 spiro atoms. The van der Waals surface area contributed by atoms with Gasteiger partial charge in [0.05, 0.1) is 18.8 Å². The van der Waals surface area contributed by atoms with Crippen molar-refractivity contribution in [3.05, 3.63) is 28.0 Å². The van der Waals surface area contributed by atoms with Crippen LogP contribution < -0.4 is 0 Å². The fourth-order valence-corrected chi connectivity index (χ4v) is 3.54. The third kappa shape index (κ3) is 7.25. The normalized spacial score (nSPS) is 16.3. The quantitative estimate of drug-likeness (QED) is 0.677. The monoisotopic (exact) mass is 464 g/mol. The predicted octanol–water partition coefficient (Wildman–Crippen LogP) is 1.11. The third-order valence-corrected chi connectivity index (χ3v) is 5.08. The molecule has 14 heteroatoms. The largest absolute Gasteiger partial charge is 0.490 e. The summed E-state index contributed by atoms with van der Waals surface area (Å²) in [7, 11) is 5.36. The maximum absolute atomic E-state index is 11.7. The number of amides is 1. The van der Waals surface area contributed by atoms with Gasteiger partial charge in [-0.2, -0.15) is 13.2 Å². The van der Waals surface area contributed by atoms with E-state index in [1.165, 1.54) is 4.90 Å². The Hall–Kier alpha value is -2.58. The smallest absolute Gasteiger partial charge is 0.475 e. The van der Waals surface area contributed by atoms with Crippen LogP contribution in [0, 0.1) is 0 Å². The lowest BCUT2D eigenvalue weighted by Gasteiger charge is -2.31. The number of aromatic nitrogens is 4. The number of fused-ring (bicyclic) bond motifs is 1. The molecule has 1 aliphatic heterocycles. The summed E-state index contributed by atoms with van der Waals surface area (Å²) in [6.07, 6.45) is -3.26. The number of rotatable bonds is 6. The zero-order valence-electron chi connectivity index (χ0n) is 17.2. The van der Waals surface area contributed by atoms with Crippen molar-refractivity contribution in [1.29, 1.82) is 0 Å². The summed E-state index contributed by atoms with van der Waals surface area (Å²) >= 11 is 1.65. The van der Waals surface area contributed by atoms with Crippen LogP contribution in [0.4, 0.5) is 13.2 Å². The summed E-state index contributed by atoms with van der Waals surface area (Å²) in [5.74, 6) is -2.65. The molecule has 3 heterocycles. The minimum absolute atomic E-state index is 0.0335. The number of hydrogen-bond donors (Lipinski definition) is 1. The van der Waals surface area contributed by atoms with Crippen molar-refractivity contribution in [3.63, 3.8) is 0 Å². The molecule has 0 saturated heterocycles. The Kier molecular flexibility index (Phi) is 8.47. The van der Waals surface area contributed by atoms with Crippen molar-refractivity contribution in [3.8, 4) is 0 Å². The number of carboxylic acids is 1. The molecular formula is C17H23F3N6O4S. The number of carbonyl (C=O) groups excluding carboxylic acids is 1. The van der Waals surface area contributed by atoms with E-state index in [0.717, 1.165) is 36.0 Å². The molecule has 0 fully saturated rings. The first kappa shape index (κ1) is 24.7. The summed E-state index contributed by atoms with van der Waals surface area (Å²) in [5.41, 5.74) is 2.08. The van der Waals surface area contributed by atoms with E-state index in [9.17, 15) is 18.0 Å². The van der Waals surface area contributed by atoms with Gasteiger partial charge in [-0.15, -0.1) is 16.4 Å². The Morgan fingerprint density at radius 3 is 2.61 bits per heavy atom. The standard InChI is InChI=1S/C15H22N6O2S.C2HF3O2/c1-19(2)14(22)10-23-9-11-6-21(8-13-16-4-5-24-13)7-12-15(11)20(3)18-17-12;3-2(4,5)1(6)7/h4-5,11H,6-10H2,1-3H3;(H,6,7). The van der Waals surface area contributed by atoms with Gasteiger partial charge in [-0.25, -0.2) is 9.78 Å². The van der Waals surface area contributed by atoms with E-state index in [4.69, 9.17) is 14.6 Å². The average molecular weight is 464 g/mol. The fraction of sp³-hybridized carbons (Fsp3) is 0.588.